The zero-order chi connectivity index (χ0) is 17.9. The van der Waals surface area contributed by atoms with Gasteiger partial charge < -0.3 is 22.9 Å². The quantitative estimate of drug-likeness (QED) is 0.385. The Kier molecular flexibility index (Phi) is 11.5. The molecule has 0 heterocycles. The summed E-state index contributed by atoms with van der Waals surface area (Å²) in [6.45, 7) is 3.85. The highest BCUT2D eigenvalue weighted by Gasteiger charge is 1.98. The lowest BCUT2D eigenvalue weighted by molar-refractivity contribution is 0.676. The molecule has 3 aromatic carbocycles. The van der Waals surface area contributed by atoms with Crippen molar-refractivity contribution in [3.8, 4) is 0 Å². The van der Waals surface area contributed by atoms with E-state index in [1.54, 1.807) is 0 Å². The highest BCUT2D eigenvalue weighted by molar-refractivity contribution is 5.23. The second kappa shape index (κ2) is 13.6. The normalized spacial score (nSPS) is 10.0. The Labute approximate surface area is 169 Å². The molecule has 0 saturated heterocycles. The van der Waals surface area contributed by atoms with Crippen LogP contribution in [0.1, 0.15) is 22.3 Å². The number of benzene rings is 3. The highest BCUT2D eigenvalue weighted by atomic mass is 14.9. The molecule has 28 heavy (non-hydrogen) atoms. The van der Waals surface area contributed by atoms with Gasteiger partial charge in [0.25, 0.3) is 0 Å². The average molecular weight is 379 g/mol. The first-order valence-electron chi connectivity index (χ1n) is 9.47. The summed E-state index contributed by atoms with van der Waals surface area (Å²) >= 11 is 0. The summed E-state index contributed by atoms with van der Waals surface area (Å²) in [7, 11) is 0. The SMILES string of the molecule is N.N.c1ccc(CCNCc2cccc(CNCCc3ccccc3)c2)cc1. The lowest BCUT2D eigenvalue weighted by atomic mass is 10.1. The van der Waals surface area contributed by atoms with Gasteiger partial charge in [-0.05, 0) is 48.2 Å². The van der Waals surface area contributed by atoms with Crippen molar-refractivity contribution in [2.45, 2.75) is 25.9 Å². The van der Waals surface area contributed by atoms with E-state index in [9.17, 15) is 0 Å². The second-order valence-corrected chi connectivity index (χ2v) is 6.64. The first-order chi connectivity index (χ1) is 12.9. The number of rotatable bonds is 10. The Morgan fingerprint density at radius 2 is 0.857 bits per heavy atom. The predicted molar refractivity (Wildman–Crippen MR) is 120 cm³/mol. The molecule has 0 aliphatic heterocycles. The van der Waals surface area contributed by atoms with Gasteiger partial charge in [0.15, 0.2) is 0 Å². The van der Waals surface area contributed by atoms with Gasteiger partial charge in [-0.25, -0.2) is 0 Å². The molecule has 0 aliphatic rings. The molecule has 3 rings (SSSR count). The molecule has 0 spiro atoms. The minimum absolute atomic E-state index is 0. The third-order valence-corrected chi connectivity index (χ3v) is 4.52. The van der Waals surface area contributed by atoms with Crippen LogP contribution in [0.5, 0.6) is 0 Å². The smallest absolute Gasteiger partial charge is 0.0205 e. The summed E-state index contributed by atoms with van der Waals surface area (Å²) in [5.74, 6) is 0. The fourth-order valence-electron chi connectivity index (χ4n) is 3.07. The van der Waals surface area contributed by atoms with Crippen LogP contribution in [0.3, 0.4) is 0 Å². The van der Waals surface area contributed by atoms with Crippen molar-refractivity contribution >= 4 is 0 Å². The summed E-state index contributed by atoms with van der Waals surface area (Å²) in [5.41, 5.74) is 5.47. The van der Waals surface area contributed by atoms with Gasteiger partial charge in [-0.3, -0.25) is 0 Å². The van der Waals surface area contributed by atoms with E-state index in [-0.39, 0.29) is 12.3 Å². The van der Waals surface area contributed by atoms with Crippen LogP contribution >= 0.6 is 0 Å². The van der Waals surface area contributed by atoms with E-state index in [4.69, 9.17) is 0 Å². The summed E-state index contributed by atoms with van der Waals surface area (Å²) in [6.07, 6.45) is 2.14. The number of nitrogens with one attached hydrogen (secondary N) is 2. The predicted octanol–water partition coefficient (Wildman–Crippen LogP) is 4.68. The molecule has 4 heteroatoms. The Morgan fingerprint density at radius 1 is 0.464 bits per heavy atom. The van der Waals surface area contributed by atoms with Crippen LogP contribution in [0.15, 0.2) is 84.9 Å². The van der Waals surface area contributed by atoms with E-state index in [2.05, 4.69) is 95.6 Å². The van der Waals surface area contributed by atoms with Gasteiger partial charge in [0.1, 0.15) is 0 Å². The fourth-order valence-corrected chi connectivity index (χ4v) is 3.07. The molecule has 0 radical (unpaired) electrons. The third-order valence-electron chi connectivity index (χ3n) is 4.52. The largest absolute Gasteiger partial charge is 0.344 e. The Balaban J connectivity index is 0.00000196. The van der Waals surface area contributed by atoms with Crippen molar-refractivity contribution in [1.82, 2.24) is 22.9 Å². The van der Waals surface area contributed by atoms with E-state index >= 15 is 0 Å². The van der Waals surface area contributed by atoms with Crippen LogP contribution in [0.4, 0.5) is 0 Å². The standard InChI is InChI=1S/C24H28N2.2H3N/c1-3-8-21(9-4-1)14-16-25-19-23-12-7-13-24(18-23)20-26-17-15-22-10-5-2-6-11-22;;/h1-13,18,25-26H,14-17,19-20H2;2*1H3. The van der Waals surface area contributed by atoms with Crippen molar-refractivity contribution in [1.29, 1.82) is 0 Å². The Bertz CT molecular complexity index is 697. The fraction of sp³-hybridized carbons (Fsp3) is 0.250. The highest BCUT2D eigenvalue weighted by Crippen LogP contribution is 2.06. The van der Waals surface area contributed by atoms with Gasteiger partial charge in [0, 0.05) is 13.1 Å². The van der Waals surface area contributed by atoms with E-state index in [1.807, 2.05) is 0 Å². The first-order valence-corrected chi connectivity index (χ1v) is 9.47. The molecular formula is C24H34N4. The minimum atomic E-state index is 0. The zero-order valence-electron chi connectivity index (χ0n) is 16.7. The molecule has 0 aliphatic carbocycles. The minimum Gasteiger partial charge on any atom is -0.344 e. The van der Waals surface area contributed by atoms with E-state index in [1.165, 1.54) is 22.3 Å². The van der Waals surface area contributed by atoms with Crippen LogP contribution in [0.25, 0.3) is 0 Å². The zero-order valence-corrected chi connectivity index (χ0v) is 16.7. The molecule has 0 aromatic heterocycles. The maximum Gasteiger partial charge on any atom is 0.0205 e. The molecule has 0 bridgehead atoms. The number of hydrogen-bond donors (Lipinski definition) is 4. The topological polar surface area (TPSA) is 94.1 Å². The van der Waals surface area contributed by atoms with Crippen molar-refractivity contribution in [3.05, 3.63) is 107 Å². The molecule has 0 fully saturated rings. The van der Waals surface area contributed by atoms with Gasteiger partial charge in [0.2, 0.25) is 0 Å². The molecule has 4 nitrogen and oxygen atoms in total. The van der Waals surface area contributed by atoms with Gasteiger partial charge >= 0.3 is 0 Å². The van der Waals surface area contributed by atoms with Crippen molar-refractivity contribution in [3.63, 3.8) is 0 Å². The maximum absolute atomic E-state index is 3.55. The molecule has 0 saturated carbocycles. The van der Waals surface area contributed by atoms with Crippen LogP contribution in [-0.2, 0) is 25.9 Å². The van der Waals surface area contributed by atoms with Crippen molar-refractivity contribution < 1.29 is 0 Å². The average Bonchev–Trinajstić information content (AvgIpc) is 2.71. The van der Waals surface area contributed by atoms with E-state index in [0.717, 1.165) is 39.0 Å². The Hall–Kier alpha value is -2.50. The lowest BCUT2D eigenvalue weighted by Crippen LogP contribution is -2.18. The monoisotopic (exact) mass is 378 g/mol. The maximum atomic E-state index is 3.55. The summed E-state index contributed by atoms with van der Waals surface area (Å²) in [4.78, 5) is 0. The van der Waals surface area contributed by atoms with Crippen molar-refractivity contribution in [2.75, 3.05) is 13.1 Å². The molecule has 0 unspecified atom stereocenters. The molecule has 150 valence electrons. The van der Waals surface area contributed by atoms with Crippen LogP contribution in [-0.4, -0.2) is 13.1 Å². The Morgan fingerprint density at radius 3 is 1.29 bits per heavy atom. The molecule has 0 atom stereocenters. The van der Waals surface area contributed by atoms with Gasteiger partial charge in [-0.15, -0.1) is 0 Å². The number of hydrogen-bond acceptors (Lipinski definition) is 4. The van der Waals surface area contributed by atoms with Gasteiger partial charge in [0.05, 0.1) is 0 Å². The van der Waals surface area contributed by atoms with E-state index < -0.39 is 0 Å². The lowest BCUT2D eigenvalue weighted by Gasteiger charge is -2.09. The van der Waals surface area contributed by atoms with Gasteiger partial charge in [-0.1, -0.05) is 84.9 Å². The summed E-state index contributed by atoms with van der Waals surface area (Å²) < 4.78 is 0. The van der Waals surface area contributed by atoms with E-state index in [0.29, 0.717) is 0 Å². The van der Waals surface area contributed by atoms with Crippen LogP contribution in [0, 0.1) is 0 Å². The molecular weight excluding hydrogens is 344 g/mol. The molecule has 8 N–H and O–H groups in total. The van der Waals surface area contributed by atoms with Crippen molar-refractivity contribution in [2.24, 2.45) is 0 Å². The second-order valence-electron chi connectivity index (χ2n) is 6.64. The third kappa shape index (κ3) is 8.46. The van der Waals surface area contributed by atoms with Crippen LogP contribution < -0.4 is 22.9 Å². The van der Waals surface area contributed by atoms with Gasteiger partial charge in [-0.2, -0.15) is 0 Å². The first kappa shape index (κ1) is 23.5. The summed E-state index contributed by atoms with van der Waals surface area (Å²) in [5, 5.41) is 7.09. The molecule has 3 aromatic rings. The van der Waals surface area contributed by atoms with Crippen LogP contribution in [0.2, 0.25) is 0 Å². The summed E-state index contributed by atoms with van der Waals surface area (Å²) in [6, 6.07) is 30.1. The molecule has 0 amide bonds.